The number of aromatic nitrogens is 2. The summed E-state index contributed by atoms with van der Waals surface area (Å²) in [6.45, 7) is 3.49. The van der Waals surface area contributed by atoms with E-state index in [-0.39, 0.29) is 5.91 Å². The van der Waals surface area contributed by atoms with Gasteiger partial charge >= 0.3 is 0 Å². The number of carbonyl (C=O) groups is 1. The lowest BCUT2D eigenvalue weighted by Crippen LogP contribution is -2.30. The SMILES string of the molecule is Cc1nc2ccccn2c1C(=O)N1CC[C@@H](c2ccccc2)C1. The number of hydrogen-bond donors (Lipinski definition) is 0. The zero-order valence-electron chi connectivity index (χ0n) is 13.1. The van der Waals surface area contributed by atoms with Gasteiger partial charge in [-0.05, 0) is 31.0 Å². The number of nitrogens with zero attached hydrogens (tertiary/aromatic N) is 3. The minimum absolute atomic E-state index is 0.0830. The molecule has 0 saturated carbocycles. The fraction of sp³-hybridized carbons (Fsp3) is 0.263. The van der Waals surface area contributed by atoms with E-state index < -0.39 is 0 Å². The summed E-state index contributed by atoms with van der Waals surface area (Å²) in [6, 6.07) is 16.3. The van der Waals surface area contributed by atoms with Crippen molar-refractivity contribution >= 4 is 11.6 Å². The number of fused-ring (bicyclic) bond motifs is 1. The van der Waals surface area contributed by atoms with E-state index in [4.69, 9.17) is 0 Å². The van der Waals surface area contributed by atoms with Gasteiger partial charge in [-0.1, -0.05) is 36.4 Å². The van der Waals surface area contributed by atoms with Gasteiger partial charge in [0, 0.05) is 25.2 Å². The first-order chi connectivity index (χ1) is 11.2. The molecule has 4 rings (SSSR count). The van der Waals surface area contributed by atoms with E-state index in [0.29, 0.717) is 11.6 Å². The second-order valence-corrected chi connectivity index (χ2v) is 6.12. The van der Waals surface area contributed by atoms with E-state index in [1.165, 1.54) is 5.56 Å². The molecule has 23 heavy (non-hydrogen) atoms. The second-order valence-electron chi connectivity index (χ2n) is 6.12. The number of rotatable bonds is 2. The molecule has 1 aliphatic heterocycles. The molecular formula is C19H19N3O. The summed E-state index contributed by atoms with van der Waals surface area (Å²) in [5.41, 5.74) is 3.63. The zero-order chi connectivity index (χ0) is 15.8. The number of likely N-dealkylation sites (tertiary alicyclic amines) is 1. The Morgan fingerprint density at radius 2 is 1.91 bits per heavy atom. The van der Waals surface area contributed by atoms with Gasteiger partial charge in [-0.3, -0.25) is 9.20 Å². The highest BCUT2D eigenvalue weighted by Crippen LogP contribution is 2.28. The van der Waals surface area contributed by atoms with Gasteiger partial charge in [0.1, 0.15) is 11.3 Å². The lowest BCUT2D eigenvalue weighted by molar-refractivity contribution is 0.0783. The van der Waals surface area contributed by atoms with Crippen LogP contribution in [0.15, 0.2) is 54.7 Å². The van der Waals surface area contributed by atoms with Crippen molar-refractivity contribution in [3.63, 3.8) is 0 Å². The number of hydrogen-bond acceptors (Lipinski definition) is 2. The van der Waals surface area contributed by atoms with Gasteiger partial charge in [0.15, 0.2) is 0 Å². The molecule has 1 saturated heterocycles. The van der Waals surface area contributed by atoms with Crippen molar-refractivity contribution in [2.75, 3.05) is 13.1 Å². The van der Waals surface area contributed by atoms with Gasteiger partial charge in [0.25, 0.3) is 5.91 Å². The minimum atomic E-state index is 0.0830. The third-order valence-electron chi connectivity index (χ3n) is 4.65. The number of imidazole rings is 1. The van der Waals surface area contributed by atoms with Crippen LogP contribution in [0.1, 0.15) is 34.1 Å². The summed E-state index contributed by atoms with van der Waals surface area (Å²) in [4.78, 5) is 19.4. The van der Waals surface area contributed by atoms with Crippen LogP contribution in [0.4, 0.5) is 0 Å². The van der Waals surface area contributed by atoms with Crippen molar-refractivity contribution in [3.05, 3.63) is 71.7 Å². The van der Waals surface area contributed by atoms with Gasteiger partial charge in [-0.25, -0.2) is 4.98 Å². The first-order valence-electron chi connectivity index (χ1n) is 8.02. The fourth-order valence-corrected chi connectivity index (χ4v) is 3.46. The van der Waals surface area contributed by atoms with Crippen LogP contribution in [0, 0.1) is 6.92 Å². The molecule has 2 aromatic heterocycles. The maximum Gasteiger partial charge on any atom is 0.272 e. The van der Waals surface area contributed by atoms with Crippen molar-refractivity contribution in [1.82, 2.24) is 14.3 Å². The molecule has 1 aliphatic rings. The van der Waals surface area contributed by atoms with Crippen molar-refractivity contribution in [1.29, 1.82) is 0 Å². The van der Waals surface area contributed by atoms with Crippen LogP contribution in [0.3, 0.4) is 0 Å². The fourth-order valence-electron chi connectivity index (χ4n) is 3.46. The first-order valence-corrected chi connectivity index (χ1v) is 8.02. The molecule has 0 radical (unpaired) electrons. The van der Waals surface area contributed by atoms with Crippen LogP contribution < -0.4 is 0 Å². The van der Waals surface area contributed by atoms with E-state index in [1.54, 1.807) is 0 Å². The third-order valence-corrected chi connectivity index (χ3v) is 4.65. The standard InChI is InChI=1S/C19H19N3O/c1-14-18(22-11-6-5-9-17(22)20-14)19(23)21-12-10-16(13-21)15-7-3-2-4-8-15/h2-9,11,16H,10,12-13H2,1H3/t16-/m1/s1. The van der Waals surface area contributed by atoms with Crippen LogP contribution in [0.2, 0.25) is 0 Å². The molecule has 3 aromatic rings. The highest BCUT2D eigenvalue weighted by molar-refractivity contribution is 5.95. The van der Waals surface area contributed by atoms with E-state index in [9.17, 15) is 4.79 Å². The molecule has 0 aliphatic carbocycles. The van der Waals surface area contributed by atoms with E-state index in [1.807, 2.05) is 46.7 Å². The zero-order valence-corrected chi connectivity index (χ0v) is 13.1. The maximum atomic E-state index is 13.0. The Kier molecular flexibility index (Phi) is 3.37. The van der Waals surface area contributed by atoms with Crippen molar-refractivity contribution < 1.29 is 4.79 Å². The van der Waals surface area contributed by atoms with Crippen LogP contribution in [-0.2, 0) is 0 Å². The molecule has 3 heterocycles. The number of carbonyl (C=O) groups excluding carboxylic acids is 1. The van der Waals surface area contributed by atoms with Gasteiger partial charge in [0.05, 0.1) is 5.69 Å². The molecule has 1 atom stereocenters. The summed E-state index contributed by atoms with van der Waals surface area (Å²) in [5.74, 6) is 0.513. The first kappa shape index (κ1) is 14.0. The quantitative estimate of drug-likeness (QED) is 0.728. The molecule has 0 N–H and O–H groups in total. The molecule has 1 fully saturated rings. The van der Waals surface area contributed by atoms with Gasteiger partial charge < -0.3 is 4.90 Å². The predicted molar refractivity (Wildman–Crippen MR) is 89.6 cm³/mol. The average Bonchev–Trinajstić information content (AvgIpc) is 3.19. The Hall–Kier alpha value is -2.62. The Balaban J connectivity index is 1.61. The Morgan fingerprint density at radius 1 is 1.13 bits per heavy atom. The number of pyridine rings is 1. The van der Waals surface area contributed by atoms with E-state index in [0.717, 1.165) is 30.9 Å². The number of aryl methyl sites for hydroxylation is 1. The summed E-state index contributed by atoms with van der Waals surface area (Å²) in [6.07, 6.45) is 2.93. The van der Waals surface area contributed by atoms with Crippen molar-refractivity contribution in [3.8, 4) is 0 Å². The summed E-state index contributed by atoms with van der Waals surface area (Å²) >= 11 is 0. The maximum absolute atomic E-state index is 13.0. The molecule has 4 heteroatoms. The summed E-state index contributed by atoms with van der Waals surface area (Å²) in [5, 5.41) is 0. The normalized spacial score (nSPS) is 17.8. The Morgan fingerprint density at radius 3 is 2.74 bits per heavy atom. The molecule has 1 aromatic carbocycles. The van der Waals surface area contributed by atoms with Gasteiger partial charge in [-0.15, -0.1) is 0 Å². The molecule has 0 spiro atoms. The van der Waals surface area contributed by atoms with E-state index in [2.05, 4.69) is 29.2 Å². The molecular weight excluding hydrogens is 286 g/mol. The molecule has 1 amide bonds. The Bertz CT molecular complexity index is 853. The molecule has 0 bridgehead atoms. The average molecular weight is 305 g/mol. The number of benzene rings is 1. The third kappa shape index (κ3) is 2.40. The highest BCUT2D eigenvalue weighted by atomic mass is 16.2. The van der Waals surface area contributed by atoms with E-state index >= 15 is 0 Å². The topological polar surface area (TPSA) is 37.6 Å². The smallest absolute Gasteiger partial charge is 0.272 e. The van der Waals surface area contributed by atoms with Crippen molar-refractivity contribution in [2.45, 2.75) is 19.3 Å². The van der Waals surface area contributed by atoms with Crippen LogP contribution in [0.5, 0.6) is 0 Å². The molecule has 116 valence electrons. The predicted octanol–water partition coefficient (Wildman–Crippen LogP) is 3.27. The van der Waals surface area contributed by atoms with Gasteiger partial charge in [-0.2, -0.15) is 0 Å². The van der Waals surface area contributed by atoms with Crippen LogP contribution in [0.25, 0.3) is 5.65 Å². The molecule has 4 nitrogen and oxygen atoms in total. The monoisotopic (exact) mass is 305 g/mol. The van der Waals surface area contributed by atoms with Crippen LogP contribution in [-0.4, -0.2) is 33.3 Å². The van der Waals surface area contributed by atoms with Gasteiger partial charge in [0.2, 0.25) is 0 Å². The summed E-state index contributed by atoms with van der Waals surface area (Å²) < 4.78 is 1.90. The highest BCUT2D eigenvalue weighted by Gasteiger charge is 2.30. The second kappa shape index (κ2) is 5.54. The molecule has 0 unspecified atom stereocenters. The lowest BCUT2D eigenvalue weighted by Gasteiger charge is -2.17. The number of amides is 1. The summed E-state index contributed by atoms with van der Waals surface area (Å²) in [7, 11) is 0. The largest absolute Gasteiger partial charge is 0.337 e. The van der Waals surface area contributed by atoms with Crippen LogP contribution >= 0.6 is 0 Å². The lowest BCUT2D eigenvalue weighted by atomic mass is 9.99. The van der Waals surface area contributed by atoms with Crippen molar-refractivity contribution in [2.24, 2.45) is 0 Å². The Labute approximate surface area is 135 Å². The minimum Gasteiger partial charge on any atom is -0.337 e.